The lowest BCUT2D eigenvalue weighted by Crippen LogP contribution is -1.93. The average Bonchev–Trinajstić information content (AvgIpc) is 2.20. The van der Waals surface area contributed by atoms with Gasteiger partial charge in [-0.1, -0.05) is 13.3 Å². The Morgan fingerprint density at radius 3 is 2.07 bits per heavy atom. The molecule has 3 N–H and O–H groups in total. The average molecular weight is 212 g/mol. The van der Waals surface area contributed by atoms with Crippen LogP contribution >= 0.6 is 0 Å². The number of aliphatic hydroxyl groups is 1. The lowest BCUT2D eigenvalue weighted by molar-refractivity contribution is 0.0697. The quantitative estimate of drug-likeness (QED) is 0.714. The zero-order valence-corrected chi connectivity index (χ0v) is 8.68. The molecule has 0 fully saturated rings. The fourth-order valence-electron chi connectivity index (χ4n) is 0.762. The van der Waals surface area contributed by atoms with Gasteiger partial charge >= 0.3 is 5.97 Å². The van der Waals surface area contributed by atoms with Gasteiger partial charge in [0.05, 0.1) is 5.56 Å². The molecule has 0 saturated heterocycles. The first kappa shape index (κ1) is 13.4. The smallest absolute Gasteiger partial charge is 0.335 e. The summed E-state index contributed by atoms with van der Waals surface area (Å²) in [4.78, 5) is 10.2. The minimum atomic E-state index is -0.986. The third-order valence-corrected chi connectivity index (χ3v) is 1.63. The molecule has 0 bridgehead atoms. The lowest BCUT2D eigenvalue weighted by Gasteiger charge is -1.92. The van der Waals surface area contributed by atoms with E-state index < -0.39 is 5.97 Å². The van der Waals surface area contributed by atoms with Crippen LogP contribution in [0.5, 0.6) is 5.75 Å². The molecule has 1 aromatic carbocycles. The summed E-state index contributed by atoms with van der Waals surface area (Å²) in [6, 6.07) is 5.36. The van der Waals surface area contributed by atoms with Gasteiger partial charge in [0, 0.05) is 6.61 Å². The second kappa shape index (κ2) is 7.82. The highest BCUT2D eigenvalue weighted by atomic mass is 16.4. The highest BCUT2D eigenvalue weighted by Gasteiger charge is 1.99. The summed E-state index contributed by atoms with van der Waals surface area (Å²) >= 11 is 0. The summed E-state index contributed by atoms with van der Waals surface area (Å²) < 4.78 is 0. The van der Waals surface area contributed by atoms with Crippen LogP contribution in [0.3, 0.4) is 0 Å². The van der Waals surface area contributed by atoms with E-state index in [4.69, 9.17) is 15.3 Å². The van der Waals surface area contributed by atoms with Crippen LogP contribution in [0.4, 0.5) is 0 Å². The molecule has 0 amide bonds. The van der Waals surface area contributed by atoms with Gasteiger partial charge in [0.15, 0.2) is 0 Å². The van der Waals surface area contributed by atoms with Crippen molar-refractivity contribution in [2.45, 2.75) is 19.8 Å². The number of phenolic OH excluding ortho intramolecular Hbond substituents is 1. The predicted octanol–water partition coefficient (Wildman–Crippen LogP) is 1.87. The standard InChI is InChI=1S/C7H6O3.C4H10O/c8-6-3-1-5(2-4-6)7(9)10;1-2-3-4-5/h1-4,8H,(H,9,10);5H,2-4H2,1H3. The Morgan fingerprint density at radius 1 is 1.27 bits per heavy atom. The van der Waals surface area contributed by atoms with Gasteiger partial charge in [-0.15, -0.1) is 0 Å². The van der Waals surface area contributed by atoms with E-state index in [0.29, 0.717) is 6.61 Å². The minimum Gasteiger partial charge on any atom is -0.508 e. The molecular formula is C11H16O4. The van der Waals surface area contributed by atoms with E-state index in [2.05, 4.69) is 6.92 Å². The molecule has 0 spiro atoms. The molecule has 4 heteroatoms. The normalized spacial score (nSPS) is 8.93. The van der Waals surface area contributed by atoms with E-state index in [1.807, 2.05) is 0 Å². The molecule has 0 heterocycles. The van der Waals surface area contributed by atoms with Crippen molar-refractivity contribution in [1.82, 2.24) is 0 Å². The van der Waals surface area contributed by atoms with Crippen molar-refractivity contribution in [2.75, 3.05) is 6.61 Å². The maximum atomic E-state index is 10.2. The molecule has 0 atom stereocenters. The molecule has 15 heavy (non-hydrogen) atoms. The Balaban J connectivity index is 0.000000336. The van der Waals surface area contributed by atoms with E-state index in [9.17, 15) is 4.79 Å². The summed E-state index contributed by atoms with van der Waals surface area (Å²) in [6.45, 7) is 2.40. The minimum absolute atomic E-state index is 0.0741. The first-order valence-electron chi connectivity index (χ1n) is 4.75. The molecule has 0 unspecified atom stereocenters. The van der Waals surface area contributed by atoms with Crippen LogP contribution in [0.25, 0.3) is 0 Å². The fourth-order valence-corrected chi connectivity index (χ4v) is 0.762. The highest BCUT2D eigenvalue weighted by molar-refractivity contribution is 5.87. The van der Waals surface area contributed by atoms with Gasteiger partial charge in [0.25, 0.3) is 0 Å². The van der Waals surface area contributed by atoms with Crippen molar-refractivity contribution in [1.29, 1.82) is 0 Å². The number of hydrogen-bond donors (Lipinski definition) is 3. The number of aromatic hydroxyl groups is 1. The topological polar surface area (TPSA) is 77.8 Å². The van der Waals surface area contributed by atoms with Crippen molar-refractivity contribution >= 4 is 5.97 Å². The number of carboxylic acid groups (broad SMARTS) is 1. The van der Waals surface area contributed by atoms with Gasteiger partial charge in [-0.2, -0.15) is 0 Å². The number of aliphatic hydroxyl groups excluding tert-OH is 1. The number of carbonyl (C=O) groups is 1. The zero-order chi connectivity index (χ0) is 11.7. The number of carboxylic acids is 1. The second-order valence-electron chi connectivity index (χ2n) is 2.93. The molecule has 1 aromatic rings. The van der Waals surface area contributed by atoms with Crippen LogP contribution in [-0.2, 0) is 0 Å². The van der Waals surface area contributed by atoms with Crippen LogP contribution < -0.4 is 0 Å². The maximum absolute atomic E-state index is 10.2. The molecule has 0 aliphatic rings. The molecule has 0 radical (unpaired) electrons. The first-order valence-corrected chi connectivity index (χ1v) is 4.75. The van der Waals surface area contributed by atoms with E-state index in [1.54, 1.807) is 0 Å². The monoisotopic (exact) mass is 212 g/mol. The largest absolute Gasteiger partial charge is 0.508 e. The fraction of sp³-hybridized carbons (Fsp3) is 0.364. The SMILES string of the molecule is CCCCO.O=C(O)c1ccc(O)cc1. The van der Waals surface area contributed by atoms with Crippen LogP contribution in [0.2, 0.25) is 0 Å². The highest BCUT2D eigenvalue weighted by Crippen LogP contribution is 2.08. The number of unbranched alkanes of at least 4 members (excludes halogenated alkanes) is 1. The molecular weight excluding hydrogens is 196 g/mol. The van der Waals surface area contributed by atoms with Crippen LogP contribution in [0.15, 0.2) is 24.3 Å². The van der Waals surface area contributed by atoms with Gasteiger partial charge in [0.1, 0.15) is 5.75 Å². The van der Waals surface area contributed by atoms with Crippen molar-refractivity contribution in [3.05, 3.63) is 29.8 Å². The van der Waals surface area contributed by atoms with Crippen molar-refractivity contribution in [3.63, 3.8) is 0 Å². The molecule has 0 aromatic heterocycles. The predicted molar refractivity (Wildman–Crippen MR) is 57.1 cm³/mol. The van der Waals surface area contributed by atoms with Crippen molar-refractivity contribution < 1.29 is 20.1 Å². The molecule has 4 nitrogen and oxygen atoms in total. The second-order valence-corrected chi connectivity index (χ2v) is 2.93. The Hall–Kier alpha value is -1.55. The van der Waals surface area contributed by atoms with Gasteiger partial charge in [-0.3, -0.25) is 0 Å². The van der Waals surface area contributed by atoms with Crippen LogP contribution in [-0.4, -0.2) is 27.9 Å². The Morgan fingerprint density at radius 2 is 1.80 bits per heavy atom. The number of rotatable bonds is 3. The number of phenols is 1. The summed E-state index contributed by atoms with van der Waals surface area (Å²) in [7, 11) is 0. The third-order valence-electron chi connectivity index (χ3n) is 1.63. The summed E-state index contributed by atoms with van der Waals surface area (Å²) in [6.07, 6.45) is 2.04. The van der Waals surface area contributed by atoms with Crippen molar-refractivity contribution in [2.24, 2.45) is 0 Å². The lowest BCUT2D eigenvalue weighted by atomic mass is 10.2. The number of benzene rings is 1. The first-order chi connectivity index (χ1) is 7.11. The van der Waals surface area contributed by atoms with Gasteiger partial charge < -0.3 is 15.3 Å². The van der Waals surface area contributed by atoms with E-state index >= 15 is 0 Å². The van der Waals surface area contributed by atoms with Gasteiger partial charge in [-0.25, -0.2) is 4.79 Å². The third kappa shape index (κ3) is 6.51. The summed E-state index contributed by atoms with van der Waals surface area (Å²) in [5.41, 5.74) is 0.179. The van der Waals surface area contributed by atoms with Crippen LogP contribution in [0.1, 0.15) is 30.1 Å². The summed E-state index contributed by atoms with van der Waals surface area (Å²) in [5, 5.41) is 25.2. The molecule has 0 saturated carbocycles. The van der Waals surface area contributed by atoms with Crippen molar-refractivity contribution in [3.8, 4) is 5.75 Å². The maximum Gasteiger partial charge on any atom is 0.335 e. The molecule has 0 aliphatic carbocycles. The molecule has 1 rings (SSSR count). The van der Waals surface area contributed by atoms with Crippen LogP contribution in [0, 0.1) is 0 Å². The van der Waals surface area contributed by atoms with Gasteiger partial charge in [0.2, 0.25) is 0 Å². The molecule has 0 aliphatic heterocycles. The number of aromatic carboxylic acids is 1. The number of hydrogen-bond acceptors (Lipinski definition) is 3. The Labute approximate surface area is 88.8 Å². The summed E-state index contributed by atoms with van der Waals surface area (Å²) in [5.74, 6) is -0.912. The van der Waals surface area contributed by atoms with E-state index in [0.717, 1.165) is 12.8 Å². The zero-order valence-electron chi connectivity index (χ0n) is 8.68. The molecule has 84 valence electrons. The van der Waals surface area contributed by atoms with E-state index in [1.165, 1.54) is 24.3 Å². The Bertz CT molecular complexity index is 277. The van der Waals surface area contributed by atoms with E-state index in [-0.39, 0.29) is 11.3 Å². The Kier molecular flexibility index (Phi) is 7.01. The van der Waals surface area contributed by atoms with Gasteiger partial charge in [-0.05, 0) is 30.7 Å².